The maximum Gasteiger partial charge on any atom is 0.256 e. The number of ether oxygens (including phenoxy) is 2. The largest absolute Gasteiger partial charge is 0.491 e. The molecule has 0 radical (unpaired) electrons. The highest BCUT2D eigenvalue weighted by Crippen LogP contribution is 2.25. The summed E-state index contributed by atoms with van der Waals surface area (Å²) >= 11 is 0. The molecule has 0 fully saturated rings. The second-order valence-corrected chi connectivity index (χ2v) is 5.80. The van der Waals surface area contributed by atoms with Gasteiger partial charge in [-0.2, -0.15) is 5.26 Å². The number of amides is 1. The van der Waals surface area contributed by atoms with Gasteiger partial charge in [0.1, 0.15) is 17.4 Å². The van der Waals surface area contributed by atoms with E-state index in [0.29, 0.717) is 23.4 Å². The first-order valence-electron chi connectivity index (χ1n) is 7.97. The number of nitrogens with zero attached hydrogens (tertiary/aromatic N) is 1. The van der Waals surface area contributed by atoms with Crippen molar-refractivity contribution in [1.29, 1.82) is 5.26 Å². The molecule has 0 heterocycles. The second kappa shape index (κ2) is 8.54. The molecule has 0 aliphatic rings. The zero-order valence-corrected chi connectivity index (χ0v) is 14.6. The molecule has 0 aliphatic carbocycles. The molecule has 0 bridgehead atoms. The molecule has 1 amide bonds. The van der Waals surface area contributed by atoms with Crippen molar-refractivity contribution < 1.29 is 14.3 Å². The average Bonchev–Trinajstić information content (AvgIpc) is 2.55. The van der Waals surface area contributed by atoms with Crippen molar-refractivity contribution in [3.05, 3.63) is 23.8 Å². The van der Waals surface area contributed by atoms with E-state index in [9.17, 15) is 10.1 Å². The Morgan fingerprint density at radius 3 is 2.65 bits per heavy atom. The van der Waals surface area contributed by atoms with Gasteiger partial charge in [-0.3, -0.25) is 4.79 Å². The third-order valence-corrected chi connectivity index (χ3v) is 3.93. The topological polar surface area (TPSA) is 71.3 Å². The van der Waals surface area contributed by atoms with E-state index in [1.807, 2.05) is 20.8 Å². The molecule has 1 aromatic carbocycles. The van der Waals surface area contributed by atoms with Gasteiger partial charge in [-0.05, 0) is 38.8 Å². The summed E-state index contributed by atoms with van der Waals surface area (Å²) in [5.74, 6) is 0.367. The van der Waals surface area contributed by atoms with Crippen LogP contribution in [0.15, 0.2) is 18.2 Å². The van der Waals surface area contributed by atoms with E-state index >= 15 is 0 Å². The standard InChI is InChI=1S/C18H26N2O3/c1-6-10-18(4,22-5)17(21)20-16-9-8-15(11-14(16)12-19)23-13(3)7-2/h8-9,11,13H,6-7,10H2,1-5H3,(H,20,21). The van der Waals surface area contributed by atoms with Gasteiger partial charge in [0.15, 0.2) is 0 Å². The number of anilines is 1. The molecule has 2 atom stereocenters. The lowest BCUT2D eigenvalue weighted by molar-refractivity contribution is -0.136. The molecule has 23 heavy (non-hydrogen) atoms. The number of hydrogen-bond donors (Lipinski definition) is 1. The number of carbonyl (C=O) groups is 1. The van der Waals surface area contributed by atoms with Gasteiger partial charge in [0.05, 0.1) is 17.4 Å². The van der Waals surface area contributed by atoms with Crippen LogP contribution in [0.4, 0.5) is 5.69 Å². The first-order valence-corrected chi connectivity index (χ1v) is 7.97. The summed E-state index contributed by atoms with van der Waals surface area (Å²) in [4.78, 5) is 12.5. The molecule has 1 rings (SSSR count). The van der Waals surface area contributed by atoms with Crippen molar-refractivity contribution >= 4 is 11.6 Å². The Hall–Kier alpha value is -2.06. The minimum atomic E-state index is -0.909. The first-order chi connectivity index (χ1) is 10.9. The van der Waals surface area contributed by atoms with Gasteiger partial charge in [0.2, 0.25) is 0 Å². The highest BCUT2D eigenvalue weighted by atomic mass is 16.5. The number of benzene rings is 1. The molecule has 0 spiro atoms. The van der Waals surface area contributed by atoms with Crippen LogP contribution in [0.3, 0.4) is 0 Å². The fraction of sp³-hybridized carbons (Fsp3) is 0.556. The van der Waals surface area contributed by atoms with Gasteiger partial charge in [0, 0.05) is 13.2 Å². The van der Waals surface area contributed by atoms with Crippen LogP contribution < -0.4 is 10.1 Å². The van der Waals surface area contributed by atoms with Gasteiger partial charge in [-0.1, -0.05) is 20.3 Å². The SMILES string of the molecule is CCCC(C)(OC)C(=O)Nc1ccc(OC(C)CC)cc1C#N. The molecule has 0 saturated heterocycles. The Balaban J connectivity index is 2.97. The zero-order valence-electron chi connectivity index (χ0n) is 14.6. The molecule has 0 aromatic heterocycles. The molecule has 5 nitrogen and oxygen atoms in total. The van der Waals surface area contributed by atoms with Crippen molar-refractivity contribution in [3.8, 4) is 11.8 Å². The number of hydrogen-bond acceptors (Lipinski definition) is 4. The third-order valence-electron chi connectivity index (χ3n) is 3.93. The van der Waals surface area contributed by atoms with Gasteiger partial charge in [0.25, 0.3) is 5.91 Å². The monoisotopic (exact) mass is 318 g/mol. The van der Waals surface area contributed by atoms with Gasteiger partial charge in [-0.15, -0.1) is 0 Å². The molecule has 126 valence electrons. The third kappa shape index (κ3) is 4.97. The van der Waals surface area contributed by atoms with Crippen molar-refractivity contribution in [2.24, 2.45) is 0 Å². The molecular formula is C18H26N2O3. The van der Waals surface area contributed by atoms with Crippen molar-refractivity contribution in [1.82, 2.24) is 0 Å². The molecule has 5 heteroatoms. The van der Waals surface area contributed by atoms with E-state index < -0.39 is 5.60 Å². The fourth-order valence-electron chi connectivity index (χ4n) is 2.15. The average molecular weight is 318 g/mol. The van der Waals surface area contributed by atoms with Crippen molar-refractivity contribution in [2.45, 2.75) is 58.7 Å². The van der Waals surface area contributed by atoms with Gasteiger partial charge < -0.3 is 14.8 Å². The summed E-state index contributed by atoms with van der Waals surface area (Å²) in [6, 6.07) is 7.19. The number of nitrogens with one attached hydrogen (secondary N) is 1. The smallest absolute Gasteiger partial charge is 0.256 e. The van der Waals surface area contributed by atoms with Gasteiger partial charge >= 0.3 is 0 Å². The van der Waals surface area contributed by atoms with Crippen LogP contribution in [-0.4, -0.2) is 24.7 Å². The maximum absolute atomic E-state index is 12.5. The molecule has 1 aromatic rings. The minimum absolute atomic E-state index is 0.0725. The van der Waals surface area contributed by atoms with Crippen LogP contribution in [0, 0.1) is 11.3 Å². The summed E-state index contributed by atoms with van der Waals surface area (Å²) in [5.41, 5.74) is -0.0737. The number of nitriles is 1. The summed E-state index contributed by atoms with van der Waals surface area (Å²) in [6.45, 7) is 7.74. The van der Waals surface area contributed by atoms with Crippen LogP contribution in [0.5, 0.6) is 5.75 Å². The summed E-state index contributed by atoms with van der Waals surface area (Å²) in [5, 5.41) is 12.1. The molecule has 1 N–H and O–H groups in total. The Kier molecular flexibility index (Phi) is 7.05. The molecular weight excluding hydrogens is 292 g/mol. The van der Waals surface area contributed by atoms with Crippen LogP contribution in [0.25, 0.3) is 0 Å². The Morgan fingerprint density at radius 2 is 2.13 bits per heavy atom. The van der Waals surface area contributed by atoms with Crippen LogP contribution in [0.2, 0.25) is 0 Å². The number of carbonyl (C=O) groups excluding carboxylic acids is 1. The van der Waals surface area contributed by atoms with E-state index in [1.54, 1.807) is 25.1 Å². The first kappa shape index (κ1) is 19.0. The molecule has 2 unspecified atom stereocenters. The minimum Gasteiger partial charge on any atom is -0.491 e. The Bertz CT molecular complexity index is 580. The molecule has 0 aliphatic heterocycles. The fourth-order valence-corrected chi connectivity index (χ4v) is 2.15. The van der Waals surface area contributed by atoms with E-state index in [-0.39, 0.29) is 12.0 Å². The highest BCUT2D eigenvalue weighted by molar-refractivity contribution is 5.98. The quantitative estimate of drug-likeness (QED) is 0.789. The van der Waals surface area contributed by atoms with Crippen LogP contribution in [0.1, 0.15) is 52.5 Å². The van der Waals surface area contributed by atoms with E-state index in [2.05, 4.69) is 11.4 Å². The Labute approximate surface area is 138 Å². The lowest BCUT2D eigenvalue weighted by Crippen LogP contribution is -2.41. The lowest BCUT2D eigenvalue weighted by atomic mass is 9.99. The second-order valence-electron chi connectivity index (χ2n) is 5.80. The predicted octanol–water partition coefficient (Wildman–Crippen LogP) is 3.88. The van der Waals surface area contributed by atoms with Crippen molar-refractivity contribution in [3.63, 3.8) is 0 Å². The van der Waals surface area contributed by atoms with Crippen molar-refractivity contribution in [2.75, 3.05) is 12.4 Å². The lowest BCUT2D eigenvalue weighted by Gasteiger charge is -2.26. The highest BCUT2D eigenvalue weighted by Gasteiger charge is 2.32. The predicted molar refractivity (Wildman–Crippen MR) is 90.5 cm³/mol. The summed E-state index contributed by atoms with van der Waals surface area (Å²) < 4.78 is 11.1. The van der Waals surface area contributed by atoms with Crippen LogP contribution >= 0.6 is 0 Å². The summed E-state index contributed by atoms with van der Waals surface area (Å²) in [7, 11) is 1.52. The number of rotatable bonds is 8. The molecule has 0 saturated carbocycles. The zero-order chi connectivity index (χ0) is 17.5. The Morgan fingerprint density at radius 1 is 1.43 bits per heavy atom. The normalized spacial score (nSPS) is 14.4. The van der Waals surface area contributed by atoms with Crippen LogP contribution in [-0.2, 0) is 9.53 Å². The number of methoxy groups -OCH3 is 1. The van der Waals surface area contributed by atoms with E-state index in [1.165, 1.54) is 7.11 Å². The summed E-state index contributed by atoms with van der Waals surface area (Å²) in [6.07, 6.45) is 2.38. The van der Waals surface area contributed by atoms with E-state index in [0.717, 1.165) is 12.8 Å². The van der Waals surface area contributed by atoms with E-state index in [4.69, 9.17) is 9.47 Å². The van der Waals surface area contributed by atoms with Gasteiger partial charge in [-0.25, -0.2) is 0 Å². The maximum atomic E-state index is 12.5.